The molecule has 106 valence electrons. The first-order valence-electron chi connectivity index (χ1n) is 6.70. The molecule has 0 amide bonds. The van der Waals surface area contributed by atoms with E-state index < -0.39 is 0 Å². The molecule has 1 aromatic heterocycles. The molecular formula is C16H18Cl2N2. The number of nitrogens with zero attached hydrogens (tertiary/aromatic N) is 1. The molecular weight excluding hydrogens is 291 g/mol. The van der Waals surface area contributed by atoms with E-state index in [1.165, 1.54) is 0 Å². The van der Waals surface area contributed by atoms with Crippen LogP contribution in [0.4, 0.5) is 0 Å². The summed E-state index contributed by atoms with van der Waals surface area (Å²) in [7, 11) is 1.97. The second kappa shape index (κ2) is 7.63. The van der Waals surface area contributed by atoms with Crippen molar-refractivity contribution >= 4 is 23.2 Å². The number of hydrogen-bond acceptors (Lipinski definition) is 2. The van der Waals surface area contributed by atoms with Crippen LogP contribution in [0.5, 0.6) is 0 Å². The van der Waals surface area contributed by atoms with E-state index in [9.17, 15) is 0 Å². The number of rotatable bonds is 6. The minimum absolute atomic E-state index is 0.355. The molecule has 1 aromatic carbocycles. The van der Waals surface area contributed by atoms with Crippen LogP contribution in [0.25, 0.3) is 0 Å². The van der Waals surface area contributed by atoms with Gasteiger partial charge in [0.1, 0.15) is 0 Å². The van der Waals surface area contributed by atoms with E-state index in [4.69, 9.17) is 23.2 Å². The van der Waals surface area contributed by atoms with Crippen molar-refractivity contribution in [3.63, 3.8) is 0 Å². The first kappa shape index (κ1) is 15.3. The van der Waals surface area contributed by atoms with Gasteiger partial charge in [0.25, 0.3) is 0 Å². The SMILES string of the molecule is CNC(CCc1ccccn1)Cc1cc(Cl)ccc1Cl. The van der Waals surface area contributed by atoms with E-state index in [2.05, 4.69) is 16.4 Å². The zero-order valence-corrected chi connectivity index (χ0v) is 13.0. The minimum Gasteiger partial charge on any atom is -0.317 e. The maximum Gasteiger partial charge on any atom is 0.0439 e. The number of halogens is 2. The van der Waals surface area contributed by atoms with Crippen LogP contribution in [0.3, 0.4) is 0 Å². The first-order valence-corrected chi connectivity index (χ1v) is 7.45. The molecule has 0 saturated carbocycles. The van der Waals surface area contributed by atoms with Gasteiger partial charge in [-0.25, -0.2) is 0 Å². The smallest absolute Gasteiger partial charge is 0.0439 e. The third-order valence-corrected chi connectivity index (χ3v) is 3.96. The maximum atomic E-state index is 6.22. The molecule has 0 aliphatic heterocycles. The van der Waals surface area contributed by atoms with Crippen molar-refractivity contribution in [2.45, 2.75) is 25.3 Å². The largest absolute Gasteiger partial charge is 0.317 e. The van der Waals surface area contributed by atoms with E-state index in [1.807, 2.05) is 43.6 Å². The van der Waals surface area contributed by atoms with Crippen molar-refractivity contribution in [2.75, 3.05) is 7.05 Å². The molecule has 0 aliphatic rings. The van der Waals surface area contributed by atoms with E-state index in [1.54, 1.807) is 0 Å². The summed E-state index contributed by atoms with van der Waals surface area (Å²) in [4.78, 5) is 4.35. The molecule has 1 unspecified atom stereocenters. The second-order valence-electron chi connectivity index (χ2n) is 4.79. The molecule has 1 atom stereocenters. The monoisotopic (exact) mass is 308 g/mol. The Kier molecular flexibility index (Phi) is 5.84. The summed E-state index contributed by atoms with van der Waals surface area (Å²) in [6.45, 7) is 0. The van der Waals surface area contributed by atoms with E-state index in [0.29, 0.717) is 6.04 Å². The van der Waals surface area contributed by atoms with Gasteiger partial charge in [-0.2, -0.15) is 0 Å². The average Bonchev–Trinajstić information content (AvgIpc) is 2.48. The van der Waals surface area contributed by atoms with Crippen LogP contribution in [0.1, 0.15) is 17.7 Å². The molecule has 1 heterocycles. The van der Waals surface area contributed by atoms with Crippen LogP contribution in [0.15, 0.2) is 42.6 Å². The maximum absolute atomic E-state index is 6.22. The van der Waals surface area contributed by atoms with Crippen LogP contribution in [-0.2, 0) is 12.8 Å². The van der Waals surface area contributed by atoms with Gasteiger partial charge in [0.05, 0.1) is 0 Å². The fraction of sp³-hybridized carbons (Fsp3) is 0.312. The molecule has 1 N–H and O–H groups in total. The molecule has 4 heteroatoms. The Morgan fingerprint density at radius 1 is 1.20 bits per heavy atom. The third-order valence-electron chi connectivity index (χ3n) is 3.36. The fourth-order valence-electron chi connectivity index (χ4n) is 2.18. The third kappa shape index (κ3) is 4.48. The summed E-state index contributed by atoms with van der Waals surface area (Å²) < 4.78 is 0. The van der Waals surface area contributed by atoms with Crippen LogP contribution in [0, 0.1) is 0 Å². The summed E-state index contributed by atoms with van der Waals surface area (Å²) in [6, 6.07) is 12.0. The van der Waals surface area contributed by atoms with Crippen LogP contribution in [-0.4, -0.2) is 18.1 Å². The highest BCUT2D eigenvalue weighted by atomic mass is 35.5. The van der Waals surface area contributed by atoms with Gasteiger partial charge >= 0.3 is 0 Å². The predicted molar refractivity (Wildman–Crippen MR) is 85.6 cm³/mol. The normalized spacial score (nSPS) is 12.3. The Balaban J connectivity index is 1.97. The van der Waals surface area contributed by atoms with Crippen molar-refractivity contribution in [3.8, 4) is 0 Å². The molecule has 0 bridgehead atoms. The van der Waals surface area contributed by atoms with Gasteiger partial charge in [-0.1, -0.05) is 29.3 Å². The van der Waals surface area contributed by atoms with Gasteiger partial charge in [-0.05, 0) is 62.2 Å². The second-order valence-corrected chi connectivity index (χ2v) is 5.63. The zero-order valence-electron chi connectivity index (χ0n) is 11.4. The van der Waals surface area contributed by atoms with Crippen molar-refractivity contribution in [1.82, 2.24) is 10.3 Å². The molecule has 0 saturated heterocycles. The highest BCUT2D eigenvalue weighted by Gasteiger charge is 2.11. The Bertz CT molecular complexity index is 543. The lowest BCUT2D eigenvalue weighted by atomic mass is 10.0. The number of pyridine rings is 1. The van der Waals surface area contributed by atoms with Gasteiger partial charge in [0, 0.05) is 28.0 Å². The Morgan fingerprint density at radius 3 is 2.75 bits per heavy atom. The first-order chi connectivity index (χ1) is 9.69. The van der Waals surface area contributed by atoms with E-state index in [-0.39, 0.29) is 0 Å². The van der Waals surface area contributed by atoms with E-state index in [0.717, 1.165) is 40.6 Å². The van der Waals surface area contributed by atoms with Gasteiger partial charge in [0.15, 0.2) is 0 Å². The number of benzene rings is 1. The Labute approximate surface area is 130 Å². The van der Waals surface area contributed by atoms with E-state index >= 15 is 0 Å². The van der Waals surface area contributed by atoms with Gasteiger partial charge < -0.3 is 5.32 Å². The van der Waals surface area contributed by atoms with Gasteiger partial charge in [0.2, 0.25) is 0 Å². The molecule has 0 fully saturated rings. The summed E-state index contributed by atoms with van der Waals surface area (Å²) in [5.74, 6) is 0. The molecule has 2 rings (SSSR count). The number of aromatic nitrogens is 1. The van der Waals surface area contributed by atoms with Gasteiger partial charge in [-0.3, -0.25) is 4.98 Å². The lowest BCUT2D eigenvalue weighted by molar-refractivity contribution is 0.517. The Hall–Kier alpha value is -1.09. The zero-order chi connectivity index (χ0) is 14.4. The fourth-order valence-corrected chi connectivity index (χ4v) is 2.57. The molecule has 2 nitrogen and oxygen atoms in total. The predicted octanol–water partition coefficient (Wildman–Crippen LogP) is 4.15. The van der Waals surface area contributed by atoms with Crippen molar-refractivity contribution in [3.05, 3.63) is 63.9 Å². The highest BCUT2D eigenvalue weighted by Crippen LogP contribution is 2.22. The number of likely N-dealkylation sites (N-methyl/N-ethyl adjacent to an activating group) is 1. The lowest BCUT2D eigenvalue weighted by Crippen LogP contribution is -2.28. The lowest BCUT2D eigenvalue weighted by Gasteiger charge is -2.17. The summed E-state index contributed by atoms with van der Waals surface area (Å²) in [6.07, 6.45) is 4.65. The number of hydrogen-bond donors (Lipinski definition) is 1. The summed E-state index contributed by atoms with van der Waals surface area (Å²) in [5.41, 5.74) is 2.20. The molecule has 0 aliphatic carbocycles. The summed E-state index contributed by atoms with van der Waals surface area (Å²) >= 11 is 12.2. The molecule has 0 spiro atoms. The average molecular weight is 309 g/mol. The topological polar surface area (TPSA) is 24.9 Å². The van der Waals surface area contributed by atoms with Crippen LogP contribution < -0.4 is 5.32 Å². The molecule has 20 heavy (non-hydrogen) atoms. The quantitative estimate of drug-likeness (QED) is 0.867. The van der Waals surface area contributed by atoms with Crippen molar-refractivity contribution < 1.29 is 0 Å². The number of nitrogens with one attached hydrogen (secondary N) is 1. The number of aryl methyl sites for hydroxylation is 1. The van der Waals surface area contributed by atoms with Crippen LogP contribution in [0.2, 0.25) is 10.0 Å². The van der Waals surface area contributed by atoms with Crippen molar-refractivity contribution in [2.24, 2.45) is 0 Å². The molecule has 2 aromatic rings. The summed E-state index contributed by atoms with van der Waals surface area (Å²) in [5, 5.41) is 4.83. The Morgan fingerprint density at radius 2 is 2.05 bits per heavy atom. The van der Waals surface area contributed by atoms with Crippen molar-refractivity contribution in [1.29, 1.82) is 0 Å². The minimum atomic E-state index is 0.355. The molecule has 0 radical (unpaired) electrons. The van der Waals surface area contributed by atoms with Gasteiger partial charge in [-0.15, -0.1) is 0 Å². The highest BCUT2D eigenvalue weighted by molar-refractivity contribution is 6.33. The standard InChI is InChI=1S/C16H18Cl2N2/c1-19-15(7-6-14-4-2-3-9-20-14)11-12-10-13(17)5-8-16(12)18/h2-5,8-10,15,19H,6-7,11H2,1H3. The van der Waals surface area contributed by atoms with Crippen LogP contribution >= 0.6 is 23.2 Å².